The number of hydrogen-bond donors (Lipinski definition) is 0. The molecule has 1 fully saturated rings. The SMILES string of the molecule is Cc1cc(B2OC(C)(C)C(C)(C)O2)c(C)c(C(F)(F)F)n1. The molecule has 0 radical (unpaired) electrons. The summed E-state index contributed by atoms with van der Waals surface area (Å²) in [4.78, 5) is 3.61. The minimum atomic E-state index is -4.49. The monoisotopic (exact) mass is 301 g/mol. The summed E-state index contributed by atoms with van der Waals surface area (Å²) in [5.41, 5.74) is -1.36. The molecule has 0 aliphatic carbocycles. The van der Waals surface area contributed by atoms with Gasteiger partial charge < -0.3 is 9.31 Å². The van der Waals surface area contributed by atoms with E-state index in [0.717, 1.165) is 0 Å². The van der Waals surface area contributed by atoms with Crippen LogP contribution in [-0.4, -0.2) is 23.3 Å². The third-order valence-corrected chi connectivity index (χ3v) is 4.22. The quantitative estimate of drug-likeness (QED) is 0.747. The van der Waals surface area contributed by atoms with Gasteiger partial charge in [-0.05, 0) is 58.6 Å². The maximum absolute atomic E-state index is 13.1. The van der Waals surface area contributed by atoms with Crippen LogP contribution in [0.1, 0.15) is 44.6 Å². The fraction of sp³-hybridized carbons (Fsp3) is 0.643. The van der Waals surface area contributed by atoms with Crippen molar-refractivity contribution in [2.24, 2.45) is 0 Å². The smallest absolute Gasteiger partial charge is 0.399 e. The third-order valence-electron chi connectivity index (χ3n) is 4.22. The summed E-state index contributed by atoms with van der Waals surface area (Å²) in [6, 6.07) is 1.59. The molecule has 0 spiro atoms. The highest BCUT2D eigenvalue weighted by Crippen LogP contribution is 2.37. The minimum Gasteiger partial charge on any atom is -0.399 e. The first-order valence-corrected chi connectivity index (χ1v) is 6.76. The first-order chi connectivity index (χ1) is 9.35. The van der Waals surface area contributed by atoms with Gasteiger partial charge in [0.15, 0.2) is 0 Å². The fourth-order valence-corrected chi connectivity index (χ4v) is 2.25. The van der Waals surface area contributed by atoms with Crippen LogP contribution in [0.15, 0.2) is 6.07 Å². The molecule has 0 unspecified atom stereocenters. The van der Waals surface area contributed by atoms with Crippen LogP contribution in [0.4, 0.5) is 13.2 Å². The van der Waals surface area contributed by atoms with E-state index in [4.69, 9.17) is 9.31 Å². The van der Waals surface area contributed by atoms with Crippen molar-refractivity contribution in [1.29, 1.82) is 0 Å². The van der Waals surface area contributed by atoms with Crippen molar-refractivity contribution in [3.63, 3.8) is 0 Å². The van der Waals surface area contributed by atoms with Gasteiger partial charge in [-0.1, -0.05) is 0 Å². The second-order valence-corrected chi connectivity index (χ2v) is 6.41. The molecular weight excluding hydrogens is 282 g/mol. The van der Waals surface area contributed by atoms with Gasteiger partial charge >= 0.3 is 13.3 Å². The Morgan fingerprint density at radius 3 is 1.95 bits per heavy atom. The summed E-state index contributed by atoms with van der Waals surface area (Å²) < 4.78 is 50.8. The molecule has 0 atom stereocenters. The number of aryl methyl sites for hydroxylation is 1. The van der Waals surface area contributed by atoms with Crippen molar-refractivity contribution in [3.8, 4) is 0 Å². The maximum atomic E-state index is 13.1. The number of rotatable bonds is 1. The lowest BCUT2D eigenvalue weighted by Crippen LogP contribution is -2.41. The van der Waals surface area contributed by atoms with E-state index in [1.165, 1.54) is 13.8 Å². The lowest BCUT2D eigenvalue weighted by atomic mass is 9.75. The van der Waals surface area contributed by atoms with Crippen molar-refractivity contribution in [3.05, 3.63) is 23.0 Å². The van der Waals surface area contributed by atoms with Gasteiger partial charge in [0.05, 0.1) is 11.2 Å². The summed E-state index contributed by atoms with van der Waals surface area (Å²) in [6.07, 6.45) is -4.49. The van der Waals surface area contributed by atoms with Gasteiger partial charge in [0, 0.05) is 5.69 Å². The Morgan fingerprint density at radius 2 is 1.52 bits per heavy atom. The topological polar surface area (TPSA) is 31.4 Å². The van der Waals surface area contributed by atoms with E-state index >= 15 is 0 Å². The molecule has 0 N–H and O–H groups in total. The average Bonchev–Trinajstić information content (AvgIpc) is 2.49. The molecule has 0 saturated carbocycles. The van der Waals surface area contributed by atoms with E-state index in [1.54, 1.807) is 6.07 Å². The maximum Gasteiger partial charge on any atom is 0.495 e. The molecule has 7 heteroatoms. The molecule has 1 aromatic heterocycles. The summed E-state index contributed by atoms with van der Waals surface area (Å²) in [7, 11) is -0.821. The van der Waals surface area contributed by atoms with Crippen LogP contribution < -0.4 is 5.46 Å². The lowest BCUT2D eigenvalue weighted by Gasteiger charge is -2.32. The molecular formula is C14H19BF3NO2. The van der Waals surface area contributed by atoms with E-state index in [9.17, 15) is 13.2 Å². The second-order valence-electron chi connectivity index (χ2n) is 6.41. The number of alkyl halides is 3. The van der Waals surface area contributed by atoms with Gasteiger partial charge in [-0.25, -0.2) is 4.98 Å². The number of aromatic nitrogens is 1. The van der Waals surface area contributed by atoms with E-state index in [1.807, 2.05) is 27.7 Å². The highest BCUT2D eigenvalue weighted by Gasteiger charge is 2.52. The highest BCUT2D eigenvalue weighted by atomic mass is 19.4. The van der Waals surface area contributed by atoms with Gasteiger partial charge in [0.1, 0.15) is 5.69 Å². The Labute approximate surface area is 123 Å². The standard InChI is InChI=1S/C14H19BF3NO2/c1-8-7-10(9(2)11(19-8)14(16,17)18)15-20-12(3,4)13(5,6)21-15/h7H,1-6H3. The predicted octanol–water partition coefficient (Wildman–Crippen LogP) is 3.02. The van der Waals surface area contributed by atoms with Crippen molar-refractivity contribution >= 4 is 12.6 Å². The molecule has 1 aromatic rings. The van der Waals surface area contributed by atoms with Gasteiger partial charge in [0.25, 0.3) is 0 Å². The molecule has 21 heavy (non-hydrogen) atoms. The van der Waals surface area contributed by atoms with Gasteiger partial charge in [-0.2, -0.15) is 13.2 Å². The largest absolute Gasteiger partial charge is 0.495 e. The normalized spacial score (nSPS) is 20.9. The molecule has 1 aliphatic rings. The summed E-state index contributed by atoms with van der Waals surface area (Å²) in [5.74, 6) is 0. The van der Waals surface area contributed by atoms with Crippen LogP contribution in [0, 0.1) is 13.8 Å². The van der Waals surface area contributed by atoms with Crippen LogP contribution in [-0.2, 0) is 15.5 Å². The fourth-order valence-electron chi connectivity index (χ4n) is 2.25. The average molecular weight is 301 g/mol. The van der Waals surface area contributed by atoms with Crippen LogP contribution in [0.5, 0.6) is 0 Å². The van der Waals surface area contributed by atoms with Crippen LogP contribution >= 0.6 is 0 Å². The predicted molar refractivity (Wildman–Crippen MR) is 74.4 cm³/mol. The van der Waals surface area contributed by atoms with Crippen molar-refractivity contribution < 1.29 is 22.5 Å². The van der Waals surface area contributed by atoms with Crippen molar-refractivity contribution in [1.82, 2.24) is 4.98 Å². The summed E-state index contributed by atoms with van der Waals surface area (Å²) >= 11 is 0. The molecule has 1 saturated heterocycles. The van der Waals surface area contributed by atoms with E-state index < -0.39 is 30.2 Å². The first kappa shape index (κ1) is 16.3. The molecule has 1 aliphatic heterocycles. The lowest BCUT2D eigenvalue weighted by molar-refractivity contribution is -0.141. The molecule has 0 aromatic carbocycles. The van der Waals surface area contributed by atoms with Gasteiger partial charge in [-0.15, -0.1) is 0 Å². The minimum absolute atomic E-state index is 0.0478. The van der Waals surface area contributed by atoms with Gasteiger partial charge in [-0.3, -0.25) is 0 Å². The molecule has 2 heterocycles. The van der Waals surface area contributed by atoms with Crippen LogP contribution in [0.3, 0.4) is 0 Å². The third kappa shape index (κ3) is 2.81. The summed E-state index contributed by atoms with van der Waals surface area (Å²) in [6.45, 7) is 10.4. The Hall–Kier alpha value is -1.08. The van der Waals surface area contributed by atoms with E-state index in [2.05, 4.69) is 4.98 Å². The van der Waals surface area contributed by atoms with E-state index in [-0.39, 0.29) is 11.3 Å². The highest BCUT2D eigenvalue weighted by molar-refractivity contribution is 6.62. The number of nitrogens with zero attached hydrogens (tertiary/aromatic N) is 1. The number of hydrogen-bond acceptors (Lipinski definition) is 3. The Bertz CT molecular complexity index is 554. The molecule has 2 rings (SSSR count). The van der Waals surface area contributed by atoms with Crippen LogP contribution in [0.25, 0.3) is 0 Å². The Morgan fingerprint density at radius 1 is 1.05 bits per heavy atom. The Kier molecular flexibility index (Phi) is 3.66. The zero-order valence-electron chi connectivity index (χ0n) is 13.1. The zero-order valence-corrected chi connectivity index (χ0v) is 13.1. The number of pyridine rings is 1. The second kappa shape index (κ2) is 4.71. The molecule has 3 nitrogen and oxygen atoms in total. The zero-order chi connectivity index (χ0) is 16.2. The molecule has 0 bridgehead atoms. The van der Waals surface area contributed by atoms with E-state index in [0.29, 0.717) is 5.46 Å². The molecule has 116 valence electrons. The van der Waals surface area contributed by atoms with Crippen molar-refractivity contribution in [2.75, 3.05) is 0 Å². The van der Waals surface area contributed by atoms with Gasteiger partial charge in [0.2, 0.25) is 0 Å². The van der Waals surface area contributed by atoms with Crippen LogP contribution in [0.2, 0.25) is 0 Å². The first-order valence-electron chi connectivity index (χ1n) is 6.76. The summed E-state index contributed by atoms with van der Waals surface area (Å²) in [5, 5.41) is 0. The number of halogens is 3. The molecule has 0 amide bonds. The van der Waals surface area contributed by atoms with Crippen molar-refractivity contribution in [2.45, 2.75) is 58.9 Å². The Balaban J connectivity index is 2.50.